The lowest BCUT2D eigenvalue weighted by Gasteiger charge is -2.33. The largest absolute Gasteiger partial charge is 0.447 e. The van der Waals surface area contributed by atoms with Gasteiger partial charge >= 0.3 is 0 Å². The van der Waals surface area contributed by atoms with Crippen LogP contribution in [0, 0.1) is 0 Å². The molecule has 0 atom stereocenters. The number of hydrogen-bond acceptors (Lipinski definition) is 5. The predicted molar refractivity (Wildman–Crippen MR) is 113 cm³/mol. The van der Waals surface area contributed by atoms with Gasteiger partial charge in [-0.3, -0.25) is 14.6 Å². The normalized spacial score (nSPS) is 18.4. The van der Waals surface area contributed by atoms with Crippen LogP contribution < -0.4 is 0 Å². The van der Waals surface area contributed by atoms with Gasteiger partial charge in [0.2, 0.25) is 5.89 Å². The fraction of sp³-hybridized carbons (Fsp3) is 0.478. The molecular formula is C23H30N4O2. The van der Waals surface area contributed by atoms with E-state index in [1.807, 2.05) is 17.9 Å². The average Bonchev–Trinajstić information content (AvgIpc) is 3.48. The minimum absolute atomic E-state index is 0.0000209. The Morgan fingerprint density at radius 3 is 2.59 bits per heavy atom. The number of benzene rings is 1. The van der Waals surface area contributed by atoms with E-state index in [2.05, 4.69) is 51.2 Å². The molecule has 1 amide bonds. The third-order valence-corrected chi connectivity index (χ3v) is 5.66. The second-order valence-corrected chi connectivity index (χ2v) is 7.84. The molecule has 6 nitrogen and oxygen atoms in total. The van der Waals surface area contributed by atoms with Crippen molar-refractivity contribution in [3.8, 4) is 0 Å². The first-order valence-electron chi connectivity index (χ1n) is 10.6. The molecule has 0 N–H and O–H groups in total. The summed E-state index contributed by atoms with van der Waals surface area (Å²) in [6.45, 7) is 8.39. The minimum Gasteiger partial charge on any atom is -0.447 e. The number of amides is 1. The van der Waals surface area contributed by atoms with Crippen LogP contribution in [0.3, 0.4) is 0 Å². The molecule has 1 aliphatic heterocycles. The lowest BCUT2D eigenvalue weighted by atomic mass is 10.2. The summed E-state index contributed by atoms with van der Waals surface area (Å²) >= 11 is 0. The Labute approximate surface area is 172 Å². The van der Waals surface area contributed by atoms with Crippen molar-refractivity contribution < 1.29 is 9.21 Å². The topological polar surface area (TPSA) is 52.8 Å². The summed E-state index contributed by atoms with van der Waals surface area (Å²) in [5.41, 5.74) is 1.68. The molecule has 2 aromatic rings. The second-order valence-electron chi connectivity index (χ2n) is 7.84. The number of aromatic nitrogens is 1. The standard InChI is InChI=1S/C23H30N4O2/c1-2-27(20-10-11-20)23(28)21-18-29-22(24-21)17-26-15-13-25(14-16-26)12-6-9-19-7-4-3-5-8-19/h3-9,18,20H,2,10-17H2,1H3. The molecule has 2 heterocycles. The van der Waals surface area contributed by atoms with Crippen molar-refractivity contribution in [2.75, 3.05) is 39.3 Å². The molecule has 29 heavy (non-hydrogen) atoms. The SMILES string of the molecule is CCN(C(=O)c1coc(CN2CCN(CC=Cc3ccccc3)CC2)n1)C1CC1. The zero-order chi connectivity index (χ0) is 20.1. The van der Waals surface area contributed by atoms with Crippen LogP contribution in [0.1, 0.15) is 41.7 Å². The zero-order valence-electron chi connectivity index (χ0n) is 17.2. The summed E-state index contributed by atoms with van der Waals surface area (Å²) in [7, 11) is 0. The molecule has 2 fully saturated rings. The molecule has 1 aromatic carbocycles. The maximum Gasteiger partial charge on any atom is 0.276 e. The first-order chi connectivity index (χ1) is 14.2. The smallest absolute Gasteiger partial charge is 0.276 e. The van der Waals surface area contributed by atoms with Gasteiger partial charge in [0.25, 0.3) is 5.91 Å². The molecule has 1 aromatic heterocycles. The summed E-state index contributed by atoms with van der Waals surface area (Å²) in [5.74, 6) is 0.637. The van der Waals surface area contributed by atoms with Crippen LogP contribution in [-0.2, 0) is 6.54 Å². The fourth-order valence-corrected chi connectivity index (χ4v) is 3.81. The summed E-state index contributed by atoms with van der Waals surface area (Å²) in [6, 6.07) is 10.8. The molecule has 6 heteroatoms. The highest BCUT2D eigenvalue weighted by Crippen LogP contribution is 2.27. The first-order valence-corrected chi connectivity index (χ1v) is 10.6. The van der Waals surface area contributed by atoms with E-state index >= 15 is 0 Å². The van der Waals surface area contributed by atoms with Crippen molar-refractivity contribution in [1.29, 1.82) is 0 Å². The lowest BCUT2D eigenvalue weighted by molar-refractivity contribution is 0.0746. The molecule has 1 saturated heterocycles. The quantitative estimate of drug-likeness (QED) is 0.689. The third kappa shape index (κ3) is 5.34. The van der Waals surface area contributed by atoms with Crippen LogP contribution in [0.5, 0.6) is 0 Å². The minimum atomic E-state index is 0.0000209. The van der Waals surface area contributed by atoms with Gasteiger partial charge in [-0.2, -0.15) is 0 Å². The molecule has 154 valence electrons. The Morgan fingerprint density at radius 1 is 1.17 bits per heavy atom. The lowest BCUT2D eigenvalue weighted by Crippen LogP contribution is -2.45. The van der Waals surface area contributed by atoms with Gasteiger partial charge in [0.1, 0.15) is 6.26 Å². The van der Waals surface area contributed by atoms with Gasteiger partial charge in [-0.15, -0.1) is 0 Å². The maximum absolute atomic E-state index is 12.6. The van der Waals surface area contributed by atoms with Crippen molar-refractivity contribution in [2.24, 2.45) is 0 Å². The molecule has 1 aliphatic carbocycles. The van der Waals surface area contributed by atoms with E-state index in [9.17, 15) is 4.79 Å². The van der Waals surface area contributed by atoms with E-state index in [1.165, 1.54) is 11.8 Å². The van der Waals surface area contributed by atoms with Gasteiger partial charge in [-0.1, -0.05) is 42.5 Å². The monoisotopic (exact) mass is 394 g/mol. The van der Waals surface area contributed by atoms with E-state index in [0.29, 0.717) is 24.2 Å². The number of oxazole rings is 1. The molecular weight excluding hydrogens is 364 g/mol. The van der Waals surface area contributed by atoms with Crippen LogP contribution in [0.2, 0.25) is 0 Å². The third-order valence-electron chi connectivity index (χ3n) is 5.66. The number of rotatable bonds is 8. The summed E-state index contributed by atoms with van der Waals surface area (Å²) < 4.78 is 5.60. The average molecular weight is 395 g/mol. The van der Waals surface area contributed by atoms with E-state index in [1.54, 1.807) is 0 Å². The van der Waals surface area contributed by atoms with Crippen LogP contribution in [-0.4, -0.2) is 70.9 Å². The molecule has 1 saturated carbocycles. The predicted octanol–water partition coefficient (Wildman–Crippen LogP) is 3.13. The first kappa shape index (κ1) is 19.9. The van der Waals surface area contributed by atoms with Gasteiger partial charge < -0.3 is 9.32 Å². The highest BCUT2D eigenvalue weighted by atomic mass is 16.3. The number of carbonyl (C=O) groups is 1. The van der Waals surface area contributed by atoms with E-state index in [0.717, 1.165) is 52.1 Å². The van der Waals surface area contributed by atoms with E-state index in [-0.39, 0.29) is 5.91 Å². The van der Waals surface area contributed by atoms with Crippen molar-refractivity contribution in [3.05, 3.63) is 59.8 Å². The Morgan fingerprint density at radius 2 is 1.90 bits per heavy atom. The molecule has 4 rings (SSSR count). The van der Waals surface area contributed by atoms with Crippen LogP contribution in [0.4, 0.5) is 0 Å². The van der Waals surface area contributed by atoms with E-state index < -0.39 is 0 Å². The Bertz CT molecular complexity index is 820. The zero-order valence-corrected chi connectivity index (χ0v) is 17.2. The number of piperazine rings is 1. The van der Waals surface area contributed by atoms with Crippen molar-refractivity contribution in [1.82, 2.24) is 19.7 Å². The van der Waals surface area contributed by atoms with Gasteiger partial charge in [0, 0.05) is 45.3 Å². The fourth-order valence-electron chi connectivity index (χ4n) is 3.81. The highest BCUT2D eigenvalue weighted by molar-refractivity contribution is 5.92. The highest BCUT2D eigenvalue weighted by Gasteiger charge is 2.33. The van der Waals surface area contributed by atoms with Crippen molar-refractivity contribution in [3.63, 3.8) is 0 Å². The van der Waals surface area contributed by atoms with Gasteiger partial charge in [-0.25, -0.2) is 4.98 Å². The second kappa shape index (κ2) is 9.37. The number of carbonyl (C=O) groups excluding carboxylic acids is 1. The molecule has 0 bridgehead atoms. The molecule has 0 radical (unpaired) electrons. The van der Waals surface area contributed by atoms with Gasteiger partial charge in [0.05, 0.1) is 6.54 Å². The van der Waals surface area contributed by atoms with E-state index in [4.69, 9.17) is 4.42 Å². The Kier molecular flexibility index (Phi) is 6.42. The summed E-state index contributed by atoms with van der Waals surface area (Å²) in [4.78, 5) is 23.7. The van der Waals surface area contributed by atoms with Crippen LogP contribution in [0.15, 0.2) is 47.1 Å². The number of nitrogens with zero attached hydrogens (tertiary/aromatic N) is 4. The van der Waals surface area contributed by atoms with Crippen LogP contribution >= 0.6 is 0 Å². The molecule has 2 aliphatic rings. The maximum atomic E-state index is 12.6. The molecule has 0 unspecified atom stereocenters. The van der Waals surface area contributed by atoms with Crippen molar-refractivity contribution in [2.45, 2.75) is 32.4 Å². The van der Waals surface area contributed by atoms with Crippen LogP contribution in [0.25, 0.3) is 6.08 Å². The summed E-state index contributed by atoms with van der Waals surface area (Å²) in [5, 5.41) is 0. The molecule has 0 spiro atoms. The van der Waals surface area contributed by atoms with Gasteiger partial charge in [0.15, 0.2) is 5.69 Å². The Hall–Kier alpha value is -2.44. The Balaban J connectivity index is 1.22. The van der Waals surface area contributed by atoms with Crippen molar-refractivity contribution >= 4 is 12.0 Å². The number of hydrogen-bond donors (Lipinski definition) is 0. The van der Waals surface area contributed by atoms with Gasteiger partial charge in [-0.05, 0) is 25.3 Å². The summed E-state index contributed by atoms with van der Waals surface area (Å²) in [6.07, 6.45) is 8.15.